The second kappa shape index (κ2) is 9.80. The van der Waals surface area contributed by atoms with Crippen LogP contribution in [-0.4, -0.2) is 48.8 Å². The number of hydrogen-bond acceptors (Lipinski definition) is 5. The Morgan fingerprint density at radius 3 is 2.90 bits per heavy atom. The number of rotatable bonds is 6. The molecule has 1 saturated carbocycles. The van der Waals surface area contributed by atoms with E-state index in [2.05, 4.69) is 10.3 Å². The molecular weight excluding hydrogens is 382 g/mol. The average molecular weight is 412 g/mol. The highest BCUT2D eigenvalue weighted by molar-refractivity contribution is 5.74. The largest absolute Gasteiger partial charge is 0.493 e. The molecule has 0 spiro atoms. The maximum Gasteiger partial charge on any atom is 0.317 e. The number of amides is 2. The summed E-state index contributed by atoms with van der Waals surface area (Å²) in [5.41, 5.74) is 1.97. The van der Waals surface area contributed by atoms with E-state index >= 15 is 0 Å². The van der Waals surface area contributed by atoms with E-state index in [1.54, 1.807) is 24.4 Å². The fourth-order valence-corrected chi connectivity index (χ4v) is 4.00. The summed E-state index contributed by atoms with van der Waals surface area (Å²) in [6, 6.07) is 9.62. The Morgan fingerprint density at radius 1 is 1.27 bits per heavy atom. The number of methoxy groups -OCH3 is 1. The van der Waals surface area contributed by atoms with Crippen molar-refractivity contribution in [2.45, 2.75) is 44.4 Å². The number of aromatic nitrogens is 1. The molecule has 2 amide bonds. The number of ether oxygens (including phenoxy) is 3. The van der Waals surface area contributed by atoms with Gasteiger partial charge in [-0.3, -0.25) is 4.98 Å². The van der Waals surface area contributed by atoms with Gasteiger partial charge in [-0.25, -0.2) is 4.79 Å². The maximum absolute atomic E-state index is 12.6. The summed E-state index contributed by atoms with van der Waals surface area (Å²) >= 11 is 0. The summed E-state index contributed by atoms with van der Waals surface area (Å²) in [5.74, 6) is 1.48. The van der Waals surface area contributed by atoms with E-state index in [1.807, 2.05) is 30.3 Å². The van der Waals surface area contributed by atoms with Gasteiger partial charge < -0.3 is 24.4 Å². The third-order valence-corrected chi connectivity index (χ3v) is 5.68. The van der Waals surface area contributed by atoms with Crippen molar-refractivity contribution >= 4 is 6.03 Å². The molecule has 0 bridgehead atoms. The van der Waals surface area contributed by atoms with Crippen LogP contribution >= 0.6 is 0 Å². The molecule has 160 valence electrons. The summed E-state index contributed by atoms with van der Waals surface area (Å²) in [6.07, 6.45) is 8.11. The Balaban J connectivity index is 1.40. The molecule has 30 heavy (non-hydrogen) atoms. The van der Waals surface area contributed by atoms with Crippen molar-refractivity contribution < 1.29 is 19.0 Å². The predicted molar refractivity (Wildman–Crippen MR) is 113 cm³/mol. The smallest absolute Gasteiger partial charge is 0.317 e. The molecule has 1 aliphatic carbocycles. The molecule has 1 N–H and O–H groups in total. The van der Waals surface area contributed by atoms with Gasteiger partial charge in [-0.1, -0.05) is 12.1 Å². The fourth-order valence-electron chi connectivity index (χ4n) is 4.00. The van der Waals surface area contributed by atoms with E-state index in [0.717, 1.165) is 35.5 Å². The van der Waals surface area contributed by atoms with Gasteiger partial charge in [0.15, 0.2) is 11.5 Å². The molecule has 4 rings (SSSR count). The zero-order valence-electron chi connectivity index (χ0n) is 17.4. The van der Waals surface area contributed by atoms with Gasteiger partial charge in [0.1, 0.15) is 6.10 Å². The van der Waals surface area contributed by atoms with Crippen LogP contribution in [0.4, 0.5) is 4.79 Å². The van der Waals surface area contributed by atoms with E-state index in [1.165, 1.54) is 12.8 Å². The lowest BCUT2D eigenvalue weighted by molar-refractivity contribution is -0.0156. The van der Waals surface area contributed by atoms with Crippen molar-refractivity contribution in [2.75, 3.05) is 26.8 Å². The van der Waals surface area contributed by atoms with Gasteiger partial charge in [0.25, 0.3) is 0 Å². The van der Waals surface area contributed by atoms with Crippen LogP contribution in [0, 0.1) is 0 Å². The number of benzene rings is 1. The molecule has 1 aromatic heterocycles. The van der Waals surface area contributed by atoms with Gasteiger partial charge in [0, 0.05) is 25.5 Å². The third kappa shape index (κ3) is 5.02. The second-order valence-electron chi connectivity index (χ2n) is 7.76. The summed E-state index contributed by atoms with van der Waals surface area (Å²) in [4.78, 5) is 18.5. The molecular formula is C23H29N3O4. The molecule has 2 aromatic rings. The van der Waals surface area contributed by atoms with E-state index < -0.39 is 0 Å². The Morgan fingerprint density at radius 2 is 2.13 bits per heavy atom. The predicted octanol–water partition coefficient (Wildman–Crippen LogP) is 3.69. The van der Waals surface area contributed by atoms with Crippen molar-refractivity contribution in [3.8, 4) is 11.5 Å². The molecule has 7 nitrogen and oxygen atoms in total. The minimum Gasteiger partial charge on any atom is -0.493 e. The number of carbonyl (C=O) groups is 1. The maximum atomic E-state index is 12.6. The van der Waals surface area contributed by atoms with E-state index in [4.69, 9.17) is 14.2 Å². The lowest BCUT2D eigenvalue weighted by Crippen LogP contribution is -2.46. The van der Waals surface area contributed by atoms with Crippen LogP contribution in [0.3, 0.4) is 0 Å². The molecule has 1 atom stereocenters. The van der Waals surface area contributed by atoms with Gasteiger partial charge in [0.2, 0.25) is 0 Å². The number of pyridine rings is 1. The highest BCUT2D eigenvalue weighted by atomic mass is 16.5. The Labute approximate surface area is 177 Å². The van der Waals surface area contributed by atoms with Crippen LogP contribution in [0.25, 0.3) is 0 Å². The molecule has 2 aliphatic rings. The quantitative estimate of drug-likeness (QED) is 0.785. The van der Waals surface area contributed by atoms with Gasteiger partial charge >= 0.3 is 6.03 Å². The first-order chi connectivity index (χ1) is 14.7. The Bertz CT molecular complexity index is 840. The highest BCUT2D eigenvalue weighted by Crippen LogP contribution is 2.35. The van der Waals surface area contributed by atoms with Gasteiger partial charge in [0.05, 0.1) is 26.4 Å². The first-order valence-corrected chi connectivity index (χ1v) is 10.6. The second-order valence-corrected chi connectivity index (χ2v) is 7.76. The number of nitrogens with one attached hydrogen (secondary N) is 1. The zero-order chi connectivity index (χ0) is 20.8. The topological polar surface area (TPSA) is 72.9 Å². The molecule has 7 heteroatoms. The number of urea groups is 1. The SMILES string of the molecule is COc1ccc(C2CN(C(=O)NCc3cccnc3)CCO2)cc1OC1CCCC1. The van der Waals surface area contributed by atoms with Crippen molar-refractivity contribution in [1.82, 2.24) is 15.2 Å². The van der Waals surface area contributed by atoms with E-state index in [9.17, 15) is 4.79 Å². The lowest BCUT2D eigenvalue weighted by Gasteiger charge is -2.33. The molecule has 1 saturated heterocycles. The number of hydrogen-bond donors (Lipinski definition) is 1. The minimum absolute atomic E-state index is 0.0944. The Kier molecular flexibility index (Phi) is 6.69. The van der Waals surface area contributed by atoms with Crippen LogP contribution in [-0.2, 0) is 11.3 Å². The van der Waals surface area contributed by atoms with E-state index in [0.29, 0.717) is 26.2 Å². The van der Waals surface area contributed by atoms with Crippen LogP contribution in [0.1, 0.15) is 42.9 Å². The van der Waals surface area contributed by atoms with E-state index in [-0.39, 0.29) is 18.2 Å². The molecule has 1 aromatic carbocycles. The van der Waals surface area contributed by atoms with Crippen molar-refractivity contribution in [2.24, 2.45) is 0 Å². The van der Waals surface area contributed by atoms with Crippen LogP contribution in [0.5, 0.6) is 11.5 Å². The highest BCUT2D eigenvalue weighted by Gasteiger charge is 2.27. The fraction of sp³-hybridized carbons (Fsp3) is 0.478. The summed E-state index contributed by atoms with van der Waals surface area (Å²) in [5, 5.41) is 2.97. The number of carbonyl (C=O) groups excluding carboxylic acids is 1. The number of nitrogens with zero attached hydrogens (tertiary/aromatic N) is 2. The summed E-state index contributed by atoms with van der Waals surface area (Å²) in [6.45, 7) is 2.01. The Hall–Kier alpha value is -2.80. The first kappa shape index (κ1) is 20.5. The van der Waals surface area contributed by atoms with Crippen LogP contribution in [0.2, 0.25) is 0 Å². The molecule has 1 unspecified atom stereocenters. The van der Waals surface area contributed by atoms with Crippen molar-refractivity contribution in [1.29, 1.82) is 0 Å². The molecule has 1 aliphatic heterocycles. The summed E-state index contributed by atoms with van der Waals surface area (Å²) in [7, 11) is 1.65. The molecule has 0 radical (unpaired) electrons. The first-order valence-electron chi connectivity index (χ1n) is 10.6. The van der Waals surface area contributed by atoms with Crippen LogP contribution in [0.15, 0.2) is 42.7 Å². The minimum atomic E-state index is -0.195. The van der Waals surface area contributed by atoms with Gasteiger partial charge in [-0.15, -0.1) is 0 Å². The third-order valence-electron chi connectivity index (χ3n) is 5.68. The lowest BCUT2D eigenvalue weighted by atomic mass is 10.1. The number of morpholine rings is 1. The summed E-state index contributed by atoms with van der Waals surface area (Å²) < 4.78 is 17.7. The molecule has 2 heterocycles. The van der Waals surface area contributed by atoms with Crippen LogP contribution < -0.4 is 14.8 Å². The average Bonchev–Trinajstić information content (AvgIpc) is 3.31. The monoisotopic (exact) mass is 411 g/mol. The van der Waals surface area contributed by atoms with Crippen molar-refractivity contribution in [3.63, 3.8) is 0 Å². The molecule has 2 fully saturated rings. The van der Waals surface area contributed by atoms with Gasteiger partial charge in [-0.2, -0.15) is 0 Å². The van der Waals surface area contributed by atoms with Crippen molar-refractivity contribution in [3.05, 3.63) is 53.9 Å². The zero-order valence-corrected chi connectivity index (χ0v) is 17.4. The normalized spacial score (nSPS) is 19.5. The standard InChI is InChI=1S/C23H29N3O4/c1-28-20-9-8-18(13-21(20)30-19-6-2-3-7-19)22-16-26(11-12-29-22)23(27)25-15-17-5-4-10-24-14-17/h4-5,8-10,13-14,19,22H,2-3,6-7,11-12,15-16H2,1H3,(H,25,27). The van der Waals surface area contributed by atoms with Gasteiger partial charge in [-0.05, 0) is 55.0 Å².